The van der Waals surface area contributed by atoms with E-state index in [1.165, 1.54) is 37.8 Å². The van der Waals surface area contributed by atoms with Crippen LogP contribution in [0.2, 0.25) is 4.34 Å². The van der Waals surface area contributed by atoms with Crippen molar-refractivity contribution in [3.63, 3.8) is 0 Å². The second-order valence-corrected chi connectivity index (χ2v) is 8.49. The van der Waals surface area contributed by atoms with Crippen LogP contribution in [-0.4, -0.2) is 30.1 Å². The van der Waals surface area contributed by atoms with Crippen LogP contribution in [0.4, 0.5) is 0 Å². The Balaban J connectivity index is 1.63. The summed E-state index contributed by atoms with van der Waals surface area (Å²) in [6.45, 7) is 4.66. The fraction of sp³-hybridized carbons (Fsp3) is 0.765. The van der Waals surface area contributed by atoms with Gasteiger partial charge in [-0.15, -0.1) is 11.3 Å². The molecule has 3 unspecified atom stereocenters. The zero-order valence-corrected chi connectivity index (χ0v) is 14.5. The molecular weight excluding hydrogens is 300 g/mol. The summed E-state index contributed by atoms with van der Waals surface area (Å²) in [6.07, 6.45) is 7.84. The molecule has 0 spiro atoms. The van der Waals surface area contributed by atoms with E-state index in [0.29, 0.717) is 12.0 Å². The molecule has 118 valence electrons. The summed E-state index contributed by atoms with van der Waals surface area (Å²) in [5.74, 6) is 1.62. The van der Waals surface area contributed by atoms with Crippen molar-refractivity contribution in [1.82, 2.24) is 4.90 Å². The Labute approximate surface area is 137 Å². The van der Waals surface area contributed by atoms with Gasteiger partial charge in [0.1, 0.15) is 0 Å². The molecule has 0 amide bonds. The fourth-order valence-electron chi connectivity index (χ4n) is 4.20. The Morgan fingerprint density at radius 3 is 2.81 bits per heavy atom. The molecule has 2 N–H and O–H groups in total. The number of nitrogens with two attached hydrogens (primary N) is 1. The predicted octanol–water partition coefficient (Wildman–Crippen LogP) is 4.17. The smallest absolute Gasteiger partial charge is 0.0931 e. The molecule has 0 aromatic carbocycles. The topological polar surface area (TPSA) is 29.3 Å². The second-order valence-electron chi connectivity index (χ2n) is 6.95. The molecule has 2 fully saturated rings. The second kappa shape index (κ2) is 6.99. The molecule has 0 radical (unpaired) electrons. The molecule has 1 aliphatic carbocycles. The van der Waals surface area contributed by atoms with Crippen molar-refractivity contribution in [2.75, 3.05) is 13.1 Å². The lowest BCUT2D eigenvalue weighted by molar-refractivity contribution is 0.0466. The molecule has 1 aromatic heterocycles. The van der Waals surface area contributed by atoms with Gasteiger partial charge in [0, 0.05) is 25.2 Å². The zero-order chi connectivity index (χ0) is 14.8. The van der Waals surface area contributed by atoms with E-state index < -0.39 is 0 Å². The minimum Gasteiger partial charge on any atom is -0.327 e. The van der Waals surface area contributed by atoms with Gasteiger partial charge in [-0.2, -0.15) is 0 Å². The van der Waals surface area contributed by atoms with Crippen molar-refractivity contribution in [3.8, 4) is 0 Å². The summed E-state index contributed by atoms with van der Waals surface area (Å²) < 4.78 is 0.905. The maximum absolute atomic E-state index is 6.36. The van der Waals surface area contributed by atoms with Crippen LogP contribution < -0.4 is 5.73 Å². The Hall–Kier alpha value is -0.0900. The van der Waals surface area contributed by atoms with Gasteiger partial charge < -0.3 is 5.73 Å². The first-order valence-electron chi connectivity index (χ1n) is 8.38. The molecule has 1 saturated carbocycles. The summed E-state index contributed by atoms with van der Waals surface area (Å²) in [6, 6.07) is 3.23. The van der Waals surface area contributed by atoms with E-state index in [1.807, 2.05) is 0 Å². The van der Waals surface area contributed by atoms with E-state index in [0.717, 1.165) is 35.7 Å². The Bertz CT molecular complexity index is 457. The predicted molar refractivity (Wildman–Crippen MR) is 92.1 cm³/mol. The molecule has 1 aromatic rings. The molecule has 21 heavy (non-hydrogen) atoms. The van der Waals surface area contributed by atoms with E-state index in [4.69, 9.17) is 17.3 Å². The Morgan fingerprint density at radius 2 is 2.24 bits per heavy atom. The van der Waals surface area contributed by atoms with Crippen molar-refractivity contribution in [2.45, 2.75) is 57.5 Å². The first kappa shape index (κ1) is 15.8. The molecule has 1 aliphatic heterocycles. The summed E-state index contributed by atoms with van der Waals surface area (Å²) in [5, 5.41) is 2.20. The average molecular weight is 327 g/mol. The number of likely N-dealkylation sites (tertiary alicyclic amines) is 1. The highest BCUT2D eigenvalue weighted by Gasteiger charge is 2.35. The van der Waals surface area contributed by atoms with E-state index in [-0.39, 0.29) is 0 Å². The minimum atomic E-state index is 0.340. The van der Waals surface area contributed by atoms with Gasteiger partial charge in [-0.3, -0.25) is 4.90 Å². The molecule has 3 atom stereocenters. The average Bonchev–Trinajstić information content (AvgIpc) is 2.78. The number of thiophene rings is 1. The van der Waals surface area contributed by atoms with Gasteiger partial charge >= 0.3 is 0 Å². The van der Waals surface area contributed by atoms with Crippen molar-refractivity contribution < 1.29 is 0 Å². The number of nitrogens with zero attached hydrogens (tertiary/aromatic N) is 1. The Kier molecular flexibility index (Phi) is 5.26. The van der Waals surface area contributed by atoms with Gasteiger partial charge in [-0.1, -0.05) is 24.9 Å². The van der Waals surface area contributed by atoms with Crippen LogP contribution in [0.3, 0.4) is 0 Å². The van der Waals surface area contributed by atoms with Gasteiger partial charge in [-0.05, 0) is 60.9 Å². The number of hydrogen-bond acceptors (Lipinski definition) is 3. The van der Waals surface area contributed by atoms with E-state index in [1.54, 1.807) is 11.3 Å². The van der Waals surface area contributed by atoms with E-state index >= 15 is 0 Å². The molecular formula is C17H27ClN2S. The highest BCUT2D eigenvalue weighted by molar-refractivity contribution is 7.14. The third-order valence-electron chi connectivity index (χ3n) is 5.33. The van der Waals surface area contributed by atoms with Crippen molar-refractivity contribution >= 4 is 22.9 Å². The summed E-state index contributed by atoms with van der Waals surface area (Å²) in [4.78, 5) is 2.70. The van der Waals surface area contributed by atoms with Gasteiger partial charge in [0.25, 0.3) is 0 Å². The SMILES string of the molecule is CCC(C1CCC1)N1CC(N)CC(Cc2csc(Cl)c2)C1. The third kappa shape index (κ3) is 3.82. The molecule has 2 nitrogen and oxygen atoms in total. The molecule has 4 heteroatoms. The van der Waals surface area contributed by atoms with E-state index in [9.17, 15) is 0 Å². The molecule has 2 heterocycles. The van der Waals surface area contributed by atoms with Crippen LogP contribution in [0.5, 0.6) is 0 Å². The molecule has 1 saturated heterocycles. The van der Waals surface area contributed by atoms with Crippen LogP contribution >= 0.6 is 22.9 Å². The molecule has 2 aliphatic rings. The Morgan fingerprint density at radius 1 is 1.43 bits per heavy atom. The molecule has 3 rings (SSSR count). The highest BCUT2D eigenvalue weighted by Crippen LogP contribution is 2.36. The third-order valence-corrected chi connectivity index (χ3v) is 6.47. The molecule has 0 bridgehead atoms. The normalized spacial score (nSPS) is 29.3. The maximum Gasteiger partial charge on any atom is 0.0931 e. The highest BCUT2D eigenvalue weighted by atomic mass is 35.5. The summed E-state index contributed by atoms with van der Waals surface area (Å²) >= 11 is 7.70. The van der Waals surface area contributed by atoms with Crippen LogP contribution in [0.1, 0.15) is 44.6 Å². The zero-order valence-electron chi connectivity index (χ0n) is 12.9. The first-order chi connectivity index (χ1) is 10.2. The summed E-state index contributed by atoms with van der Waals surface area (Å²) in [7, 11) is 0. The van der Waals surface area contributed by atoms with Gasteiger partial charge in [-0.25, -0.2) is 0 Å². The van der Waals surface area contributed by atoms with E-state index in [2.05, 4.69) is 23.3 Å². The van der Waals surface area contributed by atoms with Gasteiger partial charge in [0.05, 0.1) is 4.34 Å². The lowest BCUT2D eigenvalue weighted by Gasteiger charge is -2.46. The summed E-state index contributed by atoms with van der Waals surface area (Å²) in [5.41, 5.74) is 7.75. The van der Waals surface area contributed by atoms with Gasteiger partial charge in [0.2, 0.25) is 0 Å². The van der Waals surface area contributed by atoms with Crippen molar-refractivity contribution in [3.05, 3.63) is 21.3 Å². The van der Waals surface area contributed by atoms with Crippen LogP contribution in [0, 0.1) is 11.8 Å². The van der Waals surface area contributed by atoms with Crippen LogP contribution in [-0.2, 0) is 6.42 Å². The first-order valence-corrected chi connectivity index (χ1v) is 9.64. The lowest BCUT2D eigenvalue weighted by atomic mass is 9.76. The number of rotatable bonds is 5. The van der Waals surface area contributed by atoms with Crippen molar-refractivity contribution in [1.29, 1.82) is 0 Å². The maximum atomic E-state index is 6.36. The fourth-order valence-corrected chi connectivity index (χ4v) is 5.13. The largest absolute Gasteiger partial charge is 0.327 e. The standard InChI is InChI=1S/C17H27ClN2S/c1-2-16(14-4-3-5-14)20-9-12(7-15(19)10-20)6-13-8-17(18)21-11-13/h8,11-12,14-16H,2-7,9-10,19H2,1H3. The van der Waals surface area contributed by atoms with Crippen molar-refractivity contribution in [2.24, 2.45) is 17.6 Å². The number of halogens is 1. The monoisotopic (exact) mass is 326 g/mol. The quantitative estimate of drug-likeness (QED) is 0.879. The lowest BCUT2D eigenvalue weighted by Crippen LogP contribution is -2.54. The number of hydrogen-bond donors (Lipinski definition) is 1. The van der Waals surface area contributed by atoms with Crippen LogP contribution in [0.25, 0.3) is 0 Å². The minimum absolute atomic E-state index is 0.340. The van der Waals surface area contributed by atoms with Crippen LogP contribution in [0.15, 0.2) is 11.4 Å². The number of piperidine rings is 1. The van der Waals surface area contributed by atoms with Gasteiger partial charge in [0.15, 0.2) is 0 Å².